The fraction of sp³-hybridized carbons (Fsp3) is 0.694. The number of aliphatic imine (C=N–C) groups is 2. The Kier molecular flexibility index (Phi) is 23.7. The summed E-state index contributed by atoms with van der Waals surface area (Å²) in [4.78, 5) is 95.1. The van der Waals surface area contributed by atoms with Crippen molar-refractivity contribution in [2.45, 2.75) is 128 Å². The first-order valence-electron chi connectivity index (χ1n) is 19.6. The molecule has 0 radical (unpaired) electrons. The Bertz CT molecular complexity index is 1500. The summed E-state index contributed by atoms with van der Waals surface area (Å²) in [6.45, 7) is 8.09. The van der Waals surface area contributed by atoms with E-state index in [4.69, 9.17) is 34.4 Å². The summed E-state index contributed by atoms with van der Waals surface area (Å²) in [5.74, 6) is -5.06. The number of H-pyrrole nitrogens is 1. The first kappa shape index (κ1) is 50.5. The SMILES string of the molecule is CC(C)C[C@H](NC(=O)[C@H](CCCN=C(N)N)NC(=O)[C@H](Cc1cnc[nH]1)NC(=O)[C@H](CCCN=C(N)N)NC(=O)[C@@H](N)CC(C)C)C(=O)N[C@@H](CCCCN)C(=O)O. The third kappa shape index (κ3) is 21.1. The third-order valence-corrected chi connectivity index (χ3v) is 8.73. The van der Waals surface area contributed by atoms with Crippen molar-refractivity contribution >= 4 is 47.4 Å². The summed E-state index contributed by atoms with van der Waals surface area (Å²) in [5, 5.41) is 23.0. The van der Waals surface area contributed by atoms with Crippen molar-refractivity contribution in [1.82, 2.24) is 36.6 Å². The number of imidazole rings is 1. The fourth-order valence-electron chi connectivity index (χ4n) is 5.81. The summed E-state index contributed by atoms with van der Waals surface area (Å²) in [5.41, 5.74) is 34.0. The highest BCUT2D eigenvalue weighted by molar-refractivity contribution is 5.96. The van der Waals surface area contributed by atoms with Gasteiger partial charge in [0.1, 0.15) is 30.2 Å². The molecule has 1 aromatic heterocycles. The smallest absolute Gasteiger partial charge is 0.326 e. The molecule has 22 nitrogen and oxygen atoms in total. The Labute approximate surface area is 339 Å². The number of aromatic amines is 1. The molecule has 1 heterocycles. The van der Waals surface area contributed by atoms with E-state index in [1.807, 2.05) is 27.7 Å². The molecule has 19 N–H and O–H groups in total. The Morgan fingerprint density at radius 3 is 1.57 bits per heavy atom. The molecule has 1 rings (SSSR count). The zero-order valence-electron chi connectivity index (χ0n) is 34.2. The van der Waals surface area contributed by atoms with Crippen LogP contribution in [0.3, 0.4) is 0 Å². The number of nitrogens with one attached hydrogen (secondary N) is 6. The van der Waals surface area contributed by atoms with E-state index in [1.54, 1.807) is 0 Å². The standard InChI is InChI=1S/C36H67N15O7/c1-20(2)15-23(38)29(52)47-24(10-7-13-44-35(39)40)30(53)51-28(17-22-18-43-19-46-22)33(56)48-25(11-8-14-45-36(41)42)31(54)50-27(16-21(3)4)32(55)49-26(34(57)58)9-5-6-12-37/h18-21,23-28H,5-17,37-38H2,1-4H3,(H,43,46)(H,47,52)(H,48,56)(H,49,55)(H,50,54)(H,51,53)(H,57,58)(H4,39,40,44)(H4,41,42,45)/t23-,24-,25-,26-,27-,28-/m0/s1. The van der Waals surface area contributed by atoms with Gasteiger partial charge in [0, 0.05) is 31.4 Å². The molecule has 58 heavy (non-hydrogen) atoms. The van der Waals surface area contributed by atoms with Crippen LogP contribution in [0.1, 0.15) is 91.2 Å². The second-order valence-corrected chi connectivity index (χ2v) is 15.0. The van der Waals surface area contributed by atoms with Crippen LogP contribution in [0, 0.1) is 11.8 Å². The minimum absolute atomic E-state index is 0.00312. The third-order valence-electron chi connectivity index (χ3n) is 8.73. The van der Waals surface area contributed by atoms with Gasteiger partial charge >= 0.3 is 5.97 Å². The van der Waals surface area contributed by atoms with E-state index in [1.165, 1.54) is 12.5 Å². The van der Waals surface area contributed by atoms with E-state index in [2.05, 4.69) is 46.5 Å². The first-order chi connectivity index (χ1) is 27.3. The van der Waals surface area contributed by atoms with Gasteiger partial charge in [0.25, 0.3) is 0 Å². The minimum atomic E-state index is -1.30. The summed E-state index contributed by atoms with van der Waals surface area (Å²) in [6, 6.07) is -6.99. The van der Waals surface area contributed by atoms with Crippen molar-refractivity contribution in [2.75, 3.05) is 19.6 Å². The molecule has 5 amide bonds. The minimum Gasteiger partial charge on any atom is -0.480 e. The molecule has 0 fully saturated rings. The van der Waals surface area contributed by atoms with Crippen molar-refractivity contribution < 1.29 is 33.9 Å². The number of aliphatic carboxylic acids is 1. The van der Waals surface area contributed by atoms with Gasteiger partial charge in [-0.25, -0.2) is 9.78 Å². The average molecular weight is 822 g/mol. The predicted molar refractivity (Wildman–Crippen MR) is 219 cm³/mol. The van der Waals surface area contributed by atoms with Crippen LogP contribution in [-0.4, -0.2) is 118 Å². The van der Waals surface area contributed by atoms with Crippen molar-refractivity contribution in [3.05, 3.63) is 18.2 Å². The largest absolute Gasteiger partial charge is 0.480 e. The highest BCUT2D eigenvalue weighted by Crippen LogP contribution is 2.11. The lowest BCUT2D eigenvalue weighted by Gasteiger charge is -2.27. The van der Waals surface area contributed by atoms with Gasteiger partial charge in [0.2, 0.25) is 29.5 Å². The molecule has 0 saturated heterocycles. The van der Waals surface area contributed by atoms with Gasteiger partial charge < -0.3 is 71.1 Å². The number of carboxylic acids is 1. The summed E-state index contributed by atoms with van der Waals surface area (Å²) >= 11 is 0. The van der Waals surface area contributed by atoms with Crippen LogP contribution in [0.5, 0.6) is 0 Å². The number of rotatable bonds is 29. The topological polar surface area (TPSA) is 392 Å². The number of hydrogen-bond acceptors (Lipinski definition) is 11. The van der Waals surface area contributed by atoms with E-state index in [9.17, 15) is 33.9 Å². The molecule has 0 aliphatic heterocycles. The lowest BCUT2D eigenvalue weighted by atomic mass is 10.0. The Morgan fingerprint density at radius 1 is 0.655 bits per heavy atom. The normalized spacial score (nSPS) is 14.2. The van der Waals surface area contributed by atoms with Gasteiger partial charge in [-0.2, -0.15) is 0 Å². The van der Waals surface area contributed by atoms with Crippen LogP contribution in [0.2, 0.25) is 0 Å². The number of carbonyl (C=O) groups is 6. The highest BCUT2D eigenvalue weighted by Gasteiger charge is 2.33. The maximum absolute atomic E-state index is 14.1. The van der Waals surface area contributed by atoms with E-state index < -0.39 is 71.8 Å². The first-order valence-corrected chi connectivity index (χ1v) is 19.6. The van der Waals surface area contributed by atoms with Gasteiger partial charge in [-0.3, -0.25) is 34.0 Å². The molecule has 0 aliphatic rings. The summed E-state index contributed by atoms with van der Waals surface area (Å²) in [6.07, 6.45) is 5.03. The molecular weight excluding hydrogens is 754 g/mol. The average Bonchev–Trinajstić information content (AvgIpc) is 3.65. The van der Waals surface area contributed by atoms with Gasteiger partial charge in [-0.05, 0) is 76.2 Å². The number of guanidine groups is 2. The Balaban J connectivity index is 3.44. The van der Waals surface area contributed by atoms with Crippen LogP contribution in [0.15, 0.2) is 22.5 Å². The number of hydrogen-bond donors (Lipinski definition) is 13. The van der Waals surface area contributed by atoms with Gasteiger partial charge in [0.05, 0.1) is 12.4 Å². The van der Waals surface area contributed by atoms with Crippen molar-refractivity contribution in [1.29, 1.82) is 0 Å². The van der Waals surface area contributed by atoms with Crippen LogP contribution in [0.25, 0.3) is 0 Å². The number of carbonyl (C=O) groups excluding carboxylic acids is 5. The van der Waals surface area contributed by atoms with E-state index in [0.29, 0.717) is 31.5 Å². The maximum atomic E-state index is 14.1. The number of carboxylic acid groups (broad SMARTS) is 1. The van der Waals surface area contributed by atoms with Crippen LogP contribution in [-0.2, 0) is 35.2 Å². The number of aromatic nitrogens is 2. The molecule has 22 heteroatoms. The van der Waals surface area contributed by atoms with Crippen molar-refractivity contribution in [3.63, 3.8) is 0 Å². The Morgan fingerprint density at radius 2 is 1.10 bits per heavy atom. The van der Waals surface area contributed by atoms with E-state index in [-0.39, 0.29) is 81.8 Å². The van der Waals surface area contributed by atoms with Crippen molar-refractivity contribution in [2.24, 2.45) is 56.2 Å². The second-order valence-electron chi connectivity index (χ2n) is 15.0. The van der Waals surface area contributed by atoms with Crippen LogP contribution in [0.4, 0.5) is 0 Å². The van der Waals surface area contributed by atoms with Gasteiger partial charge in [-0.1, -0.05) is 27.7 Å². The van der Waals surface area contributed by atoms with E-state index in [0.717, 1.165) is 0 Å². The monoisotopic (exact) mass is 822 g/mol. The molecule has 0 unspecified atom stereocenters. The lowest BCUT2D eigenvalue weighted by Crippen LogP contribution is -2.59. The van der Waals surface area contributed by atoms with Crippen LogP contribution < -0.4 is 61.0 Å². The summed E-state index contributed by atoms with van der Waals surface area (Å²) in [7, 11) is 0. The number of unbranched alkanes of at least 4 members (excludes halogenated alkanes) is 1. The molecule has 328 valence electrons. The molecule has 0 bridgehead atoms. The molecule has 6 atom stereocenters. The molecule has 1 aromatic rings. The quantitative estimate of drug-likeness (QED) is 0.0219. The van der Waals surface area contributed by atoms with E-state index >= 15 is 0 Å². The summed E-state index contributed by atoms with van der Waals surface area (Å²) < 4.78 is 0. The Hall–Kier alpha value is -5.51. The molecule has 0 aliphatic carbocycles. The van der Waals surface area contributed by atoms with Gasteiger partial charge in [0.15, 0.2) is 11.9 Å². The zero-order valence-corrected chi connectivity index (χ0v) is 34.2. The molecular formula is C36H67N15O7. The fourth-order valence-corrected chi connectivity index (χ4v) is 5.81. The highest BCUT2D eigenvalue weighted by atomic mass is 16.4. The zero-order chi connectivity index (χ0) is 43.8. The molecule has 0 saturated carbocycles. The van der Waals surface area contributed by atoms with Crippen molar-refractivity contribution in [3.8, 4) is 0 Å². The number of nitrogens with two attached hydrogens (primary N) is 6. The lowest BCUT2D eigenvalue weighted by molar-refractivity contribution is -0.142. The predicted octanol–water partition coefficient (Wildman–Crippen LogP) is -2.88. The number of amides is 5. The number of nitrogens with zero attached hydrogens (tertiary/aromatic N) is 3. The van der Waals surface area contributed by atoms with Crippen LogP contribution >= 0.6 is 0 Å². The molecule has 0 aromatic carbocycles. The molecule has 0 spiro atoms. The maximum Gasteiger partial charge on any atom is 0.326 e. The second kappa shape index (κ2) is 27.2. The van der Waals surface area contributed by atoms with Gasteiger partial charge in [-0.15, -0.1) is 0 Å².